The van der Waals surface area contributed by atoms with E-state index in [-0.39, 0.29) is 0 Å². The highest BCUT2D eigenvalue weighted by Crippen LogP contribution is 2.19. The van der Waals surface area contributed by atoms with E-state index in [2.05, 4.69) is 20.2 Å². The fraction of sp³-hybridized carbons (Fsp3) is 0.375. The lowest BCUT2D eigenvalue weighted by Crippen LogP contribution is -2.09. The Bertz CT molecular complexity index is 432. The van der Waals surface area contributed by atoms with E-state index in [1.54, 1.807) is 11.3 Å². The molecule has 0 unspecified atom stereocenters. The number of nitrogens with zero attached hydrogens (tertiary/aromatic N) is 2. The van der Waals surface area contributed by atoms with Crippen LogP contribution in [0, 0.1) is 13.8 Å². The summed E-state index contributed by atoms with van der Waals surface area (Å²) in [6.07, 6.45) is 0. The standard InChI is InChI=1S/C8H11N3OS/c1-5-4-13-8-10-6(2)7(3-9-12)11(5)8/h4,9,12H,3H2,1-2H3. The summed E-state index contributed by atoms with van der Waals surface area (Å²) in [6.45, 7) is 4.42. The molecule has 0 fully saturated rings. The van der Waals surface area contributed by atoms with Crippen LogP contribution in [-0.2, 0) is 6.54 Å². The van der Waals surface area contributed by atoms with Gasteiger partial charge in [-0.05, 0) is 13.8 Å². The first-order valence-electron chi connectivity index (χ1n) is 4.03. The number of rotatable bonds is 2. The largest absolute Gasteiger partial charge is 0.316 e. The van der Waals surface area contributed by atoms with Crippen molar-refractivity contribution >= 4 is 16.3 Å². The van der Waals surface area contributed by atoms with Gasteiger partial charge in [-0.3, -0.25) is 4.40 Å². The van der Waals surface area contributed by atoms with Crippen molar-refractivity contribution in [2.75, 3.05) is 0 Å². The van der Waals surface area contributed by atoms with Crippen molar-refractivity contribution in [2.45, 2.75) is 20.4 Å². The van der Waals surface area contributed by atoms with Crippen LogP contribution in [0.2, 0.25) is 0 Å². The summed E-state index contributed by atoms with van der Waals surface area (Å²) in [7, 11) is 0. The van der Waals surface area contributed by atoms with Crippen LogP contribution in [0.4, 0.5) is 0 Å². The molecule has 0 aliphatic heterocycles. The highest BCUT2D eigenvalue weighted by atomic mass is 32.1. The van der Waals surface area contributed by atoms with Gasteiger partial charge >= 0.3 is 0 Å². The van der Waals surface area contributed by atoms with Gasteiger partial charge in [-0.25, -0.2) is 4.98 Å². The lowest BCUT2D eigenvalue weighted by atomic mass is 10.3. The fourth-order valence-electron chi connectivity index (χ4n) is 1.45. The minimum Gasteiger partial charge on any atom is -0.316 e. The second kappa shape index (κ2) is 3.10. The highest BCUT2D eigenvalue weighted by molar-refractivity contribution is 7.15. The zero-order valence-electron chi connectivity index (χ0n) is 7.53. The molecule has 0 amide bonds. The van der Waals surface area contributed by atoms with Crippen LogP contribution in [-0.4, -0.2) is 14.6 Å². The number of hydrogen-bond donors (Lipinski definition) is 2. The summed E-state index contributed by atoms with van der Waals surface area (Å²) in [4.78, 5) is 5.37. The predicted octanol–water partition coefficient (Wildman–Crippen LogP) is 1.49. The molecule has 13 heavy (non-hydrogen) atoms. The molecule has 0 saturated carbocycles. The third-order valence-electron chi connectivity index (χ3n) is 2.08. The Labute approximate surface area is 79.8 Å². The zero-order chi connectivity index (χ0) is 9.42. The van der Waals surface area contributed by atoms with Crippen molar-refractivity contribution in [3.8, 4) is 0 Å². The smallest absolute Gasteiger partial charge is 0.194 e. The van der Waals surface area contributed by atoms with Crippen molar-refractivity contribution in [1.82, 2.24) is 14.9 Å². The van der Waals surface area contributed by atoms with Gasteiger partial charge in [0.1, 0.15) is 0 Å². The summed E-state index contributed by atoms with van der Waals surface area (Å²) in [6, 6.07) is 0. The van der Waals surface area contributed by atoms with Crippen LogP contribution in [0.3, 0.4) is 0 Å². The molecule has 0 radical (unpaired) electrons. The Morgan fingerprint density at radius 3 is 3.08 bits per heavy atom. The van der Waals surface area contributed by atoms with Gasteiger partial charge in [0.2, 0.25) is 0 Å². The molecule has 2 N–H and O–H groups in total. The van der Waals surface area contributed by atoms with Gasteiger partial charge in [0.15, 0.2) is 4.96 Å². The van der Waals surface area contributed by atoms with Gasteiger partial charge in [0.25, 0.3) is 0 Å². The van der Waals surface area contributed by atoms with E-state index in [0.29, 0.717) is 6.54 Å². The van der Waals surface area contributed by atoms with Crippen LogP contribution >= 0.6 is 11.3 Å². The van der Waals surface area contributed by atoms with Crippen LogP contribution in [0.1, 0.15) is 17.1 Å². The molecule has 0 saturated heterocycles. The maximum Gasteiger partial charge on any atom is 0.194 e. The quantitative estimate of drug-likeness (QED) is 0.717. The number of thiazole rings is 1. The number of nitrogens with one attached hydrogen (secondary N) is 1. The van der Waals surface area contributed by atoms with Gasteiger partial charge in [0.05, 0.1) is 17.9 Å². The summed E-state index contributed by atoms with van der Waals surface area (Å²) in [5.41, 5.74) is 5.32. The first-order valence-corrected chi connectivity index (χ1v) is 4.91. The Hall–Kier alpha value is -0.910. The van der Waals surface area contributed by atoms with E-state index in [9.17, 15) is 0 Å². The molecule has 0 aliphatic carbocycles. The highest BCUT2D eigenvalue weighted by Gasteiger charge is 2.10. The number of imidazole rings is 1. The number of hydrogen-bond acceptors (Lipinski definition) is 4. The second-order valence-electron chi connectivity index (χ2n) is 2.97. The number of fused-ring (bicyclic) bond motifs is 1. The topological polar surface area (TPSA) is 49.6 Å². The Morgan fingerprint density at radius 2 is 2.38 bits per heavy atom. The monoisotopic (exact) mass is 197 g/mol. The van der Waals surface area contributed by atoms with Gasteiger partial charge < -0.3 is 5.21 Å². The first kappa shape index (κ1) is 8.68. The number of hydroxylamine groups is 1. The third kappa shape index (κ3) is 1.25. The van der Waals surface area contributed by atoms with Crippen molar-refractivity contribution in [3.05, 3.63) is 22.5 Å². The SMILES string of the molecule is Cc1nc2scc(C)n2c1CNO. The molecule has 4 nitrogen and oxygen atoms in total. The number of aryl methyl sites for hydroxylation is 2. The van der Waals surface area contributed by atoms with Gasteiger partial charge in [-0.2, -0.15) is 5.48 Å². The van der Waals surface area contributed by atoms with Crippen LogP contribution in [0.15, 0.2) is 5.38 Å². The van der Waals surface area contributed by atoms with E-state index in [4.69, 9.17) is 5.21 Å². The molecular weight excluding hydrogens is 186 g/mol. The van der Waals surface area contributed by atoms with Crippen molar-refractivity contribution in [2.24, 2.45) is 0 Å². The van der Waals surface area contributed by atoms with Crippen molar-refractivity contribution in [3.63, 3.8) is 0 Å². The maximum atomic E-state index is 8.66. The molecule has 5 heteroatoms. The lowest BCUT2D eigenvalue weighted by Gasteiger charge is -1.99. The molecule has 2 aromatic rings. The Morgan fingerprint density at radius 1 is 1.62 bits per heavy atom. The Kier molecular flexibility index (Phi) is 2.07. The lowest BCUT2D eigenvalue weighted by molar-refractivity contribution is 0.159. The minimum absolute atomic E-state index is 0.435. The molecule has 70 valence electrons. The van der Waals surface area contributed by atoms with Crippen LogP contribution in [0.25, 0.3) is 4.96 Å². The van der Waals surface area contributed by atoms with Gasteiger partial charge in [-0.15, -0.1) is 11.3 Å². The van der Waals surface area contributed by atoms with E-state index in [1.165, 1.54) is 0 Å². The second-order valence-corrected chi connectivity index (χ2v) is 3.81. The summed E-state index contributed by atoms with van der Waals surface area (Å²) in [5.74, 6) is 0. The summed E-state index contributed by atoms with van der Waals surface area (Å²) in [5, 5.41) is 10.7. The average molecular weight is 197 g/mol. The van der Waals surface area contributed by atoms with E-state index < -0.39 is 0 Å². The molecule has 2 aromatic heterocycles. The molecule has 0 aliphatic rings. The first-order chi connectivity index (χ1) is 6.24. The molecule has 2 heterocycles. The molecular formula is C8H11N3OS. The molecule has 0 bridgehead atoms. The molecule has 0 aromatic carbocycles. The minimum atomic E-state index is 0.435. The Balaban J connectivity index is 2.67. The van der Waals surface area contributed by atoms with E-state index >= 15 is 0 Å². The van der Waals surface area contributed by atoms with Gasteiger partial charge in [0, 0.05) is 11.1 Å². The maximum absolute atomic E-state index is 8.66. The van der Waals surface area contributed by atoms with Crippen molar-refractivity contribution < 1.29 is 5.21 Å². The third-order valence-corrected chi connectivity index (χ3v) is 3.02. The van der Waals surface area contributed by atoms with Gasteiger partial charge in [-0.1, -0.05) is 0 Å². The predicted molar refractivity (Wildman–Crippen MR) is 51.2 cm³/mol. The zero-order valence-corrected chi connectivity index (χ0v) is 8.35. The molecule has 0 spiro atoms. The van der Waals surface area contributed by atoms with Crippen LogP contribution in [0.5, 0.6) is 0 Å². The fourth-order valence-corrected chi connectivity index (χ4v) is 2.38. The van der Waals surface area contributed by atoms with E-state index in [0.717, 1.165) is 22.0 Å². The molecule has 0 atom stereocenters. The molecule has 2 rings (SSSR count). The normalized spacial score (nSPS) is 11.3. The van der Waals surface area contributed by atoms with Crippen LogP contribution < -0.4 is 5.48 Å². The average Bonchev–Trinajstić information content (AvgIpc) is 2.57. The van der Waals surface area contributed by atoms with Crippen molar-refractivity contribution in [1.29, 1.82) is 0 Å². The summed E-state index contributed by atoms with van der Waals surface area (Å²) < 4.78 is 2.06. The van der Waals surface area contributed by atoms with E-state index in [1.807, 2.05) is 13.8 Å². The number of aromatic nitrogens is 2. The summed E-state index contributed by atoms with van der Waals surface area (Å²) >= 11 is 1.62.